The van der Waals surface area contributed by atoms with Crippen molar-refractivity contribution < 1.29 is 4.74 Å². The molecule has 1 aliphatic carbocycles. The second-order valence-electron chi connectivity index (χ2n) is 10.4. The Kier molecular flexibility index (Phi) is 9.71. The van der Waals surface area contributed by atoms with E-state index in [1.807, 2.05) is 0 Å². The van der Waals surface area contributed by atoms with Gasteiger partial charge in [-0.3, -0.25) is 0 Å². The average molecular weight is 467 g/mol. The lowest BCUT2D eigenvalue weighted by Gasteiger charge is -2.29. The van der Waals surface area contributed by atoms with Gasteiger partial charge in [0.05, 0.1) is 6.61 Å². The highest BCUT2D eigenvalue weighted by Crippen LogP contribution is 2.37. The molecule has 0 N–H and O–H groups in total. The van der Waals surface area contributed by atoms with Crippen molar-refractivity contribution in [2.75, 3.05) is 6.61 Å². The molecule has 184 valence electrons. The Hall–Kier alpha value is -2.72. The molecule has 0 radical (unpaired) electrons. The van der Waals surface area contributed by atoms with Gasteiger partial charge in [0.2, 0.25) is 0 Å². The first-order valence-corrected chi connectivity index (χ1v) is 14.0. The third-order valence-electron chi connectivity index (χ3n) is 7.62. The first-order valence-electron chi connectivity index (χ1n) is 14.0. The summed E-state index contributed by atoms with van der Waals surface area (Å²) in [6.45, 7) is 5.31. The zero-order chi connectivity index (χ0) is 24.3. The maximum atomic E-state index is 5.90. The lowest BCUT2D eigenvalue weighted by atomic mass is 9.77. The van der Waals surface area contributed by atoms with Crippen LogP contribution in [-0.4, -0.2) is 6.61 Å². The van der Waals surface area contributed by atoms with Gasteiger partial charge in [0, 0.05) is 11.1 Å². The molecule has 0 saturated heterocycles. The molecule has 0 spiro atoms. The average Bonchev–Trinajstić information content (AvgIpc) is 2.91. The van der Waals surface area contributed by atoms with Gasteiger partial charge < -0.3 is 4.74 Å². The van der Waals surface area contributed by atoms with Crippen molar-refractivity contribution in [3.63, 3.8) is 0 Å². The van der Waals surface area contributed by atoms with E-state index in [1.165, 1.54) is 80.5 Å². The van der Waals surface area contributed by atoms with Gasteiger partial charge in [-0.05, 0) is 96.7 Å². The maximum Gasteiger partial charge on any atom is 0.119 e. The van der Waals surface area contributed by atoms with Gasteiger partial charge in [-0.2, -0.15) is 0 Å². The largest absolute Gasteiger partial charge is 0.494 e. The second-order valence-corrected chi connectivity index (χ2v) is 10.4. The fourth-order valence-corrected chi connectivity index (χ4v) is 5.38. The maximum absolute atomic E-state index is 5.90. The Bertz CT molecular complexity index is 1110. The Labute approximate surface area is 213 Å². The van der Waals surface area contributed by atoms with Crippen molar-refractivity contribution in [3.8, 4) is 17.6 Å². The normalized spacial score (nSPS) is 17.7. The standard InChI is InChI=1S/C34H42O/c1-3-5-7-9-27-12-17-30(18-13-27)31-19-14-28(15-20-31)10-11-29-16-21-33-26-34(23-22-32(33)25-29)35-24-8-6-4-2/h14-16,19-23,25-27,30H,3-9,12-13,17-18,24H2,1-2H3. The predicted octanol–water partition coefficient (Wildman–Crippen LogP) is 9.66. The van der Waals surface area contributed by atoms with Crippen LogP contribution < -0.4 is 4.74 Å². The van der Waals surface area contributed by atoms with E-state index in [0.717, 1.165) is 41.7 Å². The van der Waals surface area contributed by atoms with Crippen molar-refractivity contribution in [1.82, 2.24) is 0 Å². The summed E-state index contributed by atoms with van der Waals surface area (Å²) in [6, 6.07) is 21.8. The molecule has 0 amide bonds. The van der Waals surface area contributed by atoms with Gasteiger partial charge >= 0.3 is 0 Å². The minimum atomic E-state index is 0.737. The third kappa shape index (κ3) is 7.63. The van der Waals surface area contributed by atoms with Gasteiger partial charge in [-0.15, -0.1) is 0 Å². The van der Waals surface area contributed by atoms with Crippen molar-refractivity contribution in [3.05, 3.63) is 77.4 Å². The summed E-state index contributed by atoms with van der Waals surface area (Å²) in [7, 11) is 0. The van der Waals surface area contributed by atoms with Gasteiger partial charge in [0.1, 0.15) is 5.75 Å². The summed E-state index contributed by atoms with van der Waals surface area (Å²) < 4.78 is 5.90. The Morgan fingerprint density at radius 3 is 2.11 bits per heavy atom. The molecule has 0 bridgehead atoms. The van der Waals surface area contributed by atoms with Crippen LogP contribution in [0.15, 0.2) is 60.7 Å². The van der Waals surface area contributed by atoms with E-state index in [1.54, 1.807) is 0 Å². The van der Waals surface area contributed by atoms with Crippen LogP contribution in [0, 0.1) is 17.8 Å². The molecule has 35 heavy (non-hydrogen) atoms. The van der Waals surface area contributed by atoms with E-state index < -0.39 is 0 Å². The van der Waals surface area contributed by atoms with Crippen LogP contribution in [0.3, 0.4) is 0 Å². The zero-order valence-corrected chi connectivity index (χ0v) is 21.8. The minimum absolute atomic E-state index is 0.737. The highest BCUT2D eigenvalue weighted by molar-refractivity contribution is 5.85. The molecule has 1 heteroatoms. The van der Waals surface area contributed by atoms with Gasteiger partial charge in [-0.1, -0.05) is 88.5 Å². The second kappa shape index (κ2) is 13.4. The van der Waals surface area contributed by atoms with Crippen LogP contribution in [0.1, 0.15) is 107 Å². The molecule has 3 aromatic carbocycles. The van der Waals surface area contributed by atoms with Crippen molar-refractivity contribution in [2.24, 2.45) is 5.92 Å². The fourth-order valence-electron chi connectivity index (χ4n) is 5.38. The molecule has 1 saturated carbocycles. The Balaban J connectivity index is 1.32. The molecular weight excluding hydrogens is 424 g/mol. The molecule has 0 aliphatic heterocycles. The summed E-state index contributed by atoms with van der Waals surface area (Å²) in [6.07, 6.45) is 14.7. The lowest BCUT2D eigenvalue weighted by Crippen LogP contribution is -2.13. The van der Waals surface area contributed by atoms with E-state index in [4.69, 9.17) is 4.74 Å². The van der Waals surface area contributed by atoms with Crippen molar-refractivity contribution >= 4 is 10.8 Å². The summed E-state index contributed by atoms with van der Waals surface area (Å²) in [5.41, 5.74) is 3.65. The summed E-state index contributed by atoms with van der Waals surface area (Å²) in [4.78, 5) is 0. The summed E-state index contributed by atoms with van der Waals surface area (Å²) in [5, 5.41) is 2.41. The first kappa shape index (κ1) is 25.4. The summed E-state index contributed by atoms with van der Waals surface area (Å²) in [5.74, 6) is 9.39. The van der Waals surface area contributed by atoms with E-state index in [2.05, 4.69) is 86.4 Å². The fraction of sp³-hybridized carbons (Fsp3) is 0.471. The molecule has 0 heterocycles. The van der Waals surface area contributed by atoms with E-state index in [9.17, 15) is 0 Å². The van der Waals surface area contributed by atoms with Crippen LogP contribution in [0.5, 0.6) is 5.75 Å². The van der Waals surface area contributed by atoms with Crippen molar-refractivity contribution in [1.29, 1.82) is 0 Å². The van der Waals surface area contributed by atoms with Crippen LogP contribution in [0.4, 0.5) is 0 Å². The quantitative estimate of drug-likeness (QED) is 0.213. The number of benzene rings is 3. The number of hydrogen-bond acceptors (Lipinski definition) is 1. The lowest BCUT2D eigenvalue weighted by molar-refractivity contribution is 0.303. The Morgan fingerprint density at radius 2 is 1.34 bits per heavy atom. The van der Waals surface area contributed by atoms with Gasteiger partial charge in [0.25, 0.3) is 0 Å². The molecule has 0 unspecified atom stereocenters. The van der Waals surface area contributed by atoms with Gasteiger partial charge in [-0.25, -0.2) is 0 Å². The summed E-state index contributed by atoms with van der Waals surface area (Å²) >= 11 is 0. The molecule has 0 aromatic heterocycles. The number of fused-ring (bicyclic) bond motifs is 1. The van der Waals surface area contributed by atoms with Crippen molar-refractivity contribution in [2.45, 2.75) is 90.4 Å². The highest BCUT2D eigenvalue weighted by Gasteiger charge is 2.21. The van der Waals surface area contributed by atoms with Crippen LogP contribution >= 0.6 is 0 Å². The third-order valence-corrected chi connectivity index (χ3v) is 7.62. The molecular formula is C34H42O. The van der Waals surface area contributed by atoms with Crippen LogP contribution in [0.25, 0.3) is 10.8 Å². The zero-order valence-electron chi connectivity index (χ0n) is 21.8. The number of rotatable bonds is 10. The first-order chi connectivity index (χ1) is 17.2. The highest BCUT2D eigenvalue weighted by atomic mass is 16.5. The number of ether oxygens (including phenoxy) is 1. The molecule has 1 aliphatic rings. The molecule has 1 nitrogen and oxygen atoms in total. The van der Waals surface area contributed by atoms with E-state index in [-0.39, 0.29) is 0 Å². The molecule has 1 fully saturated rings. The molecule has 4 rings (SSSR count). The van der Waals surface area contributed by atoms with Gasteiger partial charge in [0.15, 0.2) is 0 Å². The monoisotopic (exact) mass is 466 g/mol. The molecule has 0 atom stereocenters. The predicted molar refractivity (Wildman–Crippen MR) is 150 cm³/mol. The van der Waals surface area contributed by atoms with E-state index in [0.29, 0.717) is 0 Å². The molecule has 3 aromatic rings. The SMILES string of the molecule is CCCCCOc1ccc2cc(C#Cc3ccc(C4CCC(CCCCC)CC4)cc3)ccc2c1. The van der Waals surface area contributed by atoms with E-state index >= 15 is 0 Å². The Morgan fingerprint density at radius 1 is 0.686 bits per heavy atom. The topological polar surface area (TPSA) is 9.23 Å². The number of hydrogen-bond donors (Lipinski definition) is 0. The minimum Gasteiger partial charge on any atom is -0.494 e. The van der Waals surface area contributed by atoms with Crippen LogP contribution in [-0.2, 0) is 0 Å². The van der Waals surface area contributed by atoms with Crippen LogP contribution in [0.2, 0.25) is 0 Å². The number of unbranched alkanes of at least 4 members (excludes halogenated alkanes) is 4. The smallest absolute Gasteiger partial charge is 0.119 e.